The minimum absolute atomic E-state index is 0.200. The molecule has 4 aromatic rings. The van der Waals surface area contributed by atoms with Gasteiger partial charge in [-0.25, -0.2) is 9.97 Å². The minimum Gasteiger partial charge on any atom is -0.424 e. The normalized spacial score (nSPS) is 12.8. The highest BCUT2D eigenvalue weighted by molar-refractivity contribution is 6.01. The summed E-state index contributed by atoms with van der Waals surface area (Å²) in [4.78, 5) is 22.6. The highest BCUT2D eigenvalue weighted by Gasteiger charge is 2.23. The quantitative estimate of drug-likeness (QED) is 0.300. The van der Waals surface area contributed by atoms with Crippen LogP contribution in [0.25, 0.3) is 27.7 Å². The molecule has 0 amide bonds. The van der Waals surface area contributed by atoms with Gasteiger partial charge in [-0.05, 0) is 38.3 Å². The fourth-order valence-corrected chi connectivity index (χ4v) is 4.05. The van der Waals surface area contributed by atoms with Crippen molar-refractivity contribution in [3.63, 3.8) is 0 Å². The number of carbonyl (C=O) groups excluding carboxylic acids is 1. The first-order valence-corrected chi connectivity index (χ1v) is 11.6. The average Bonchev–Trinajstić information content (AvgIpc) is 3.34. The molecular formula is C25H32N4O2. The monoisotopic (exact) mass is 420 g/mol. The molecule has 3 aromatic heterocycles. The molecule has 31 heavy (non-hydrogen) atoms. The van der Waals surface area contributed by atoms with Crippen LogP contribution in [0.3, 0.4) is 0 Å². The van der Waals surface area contributed by atoms with Crippen LogP contribution in [0.15, 0.2) is 30.5 Å². The highest BCUT2D eigenvalue weighted by Crippen LogP contribution is 2.36. The van der Waals surface area contributed by atoms with E-state index in [9.17, 15) is 4.79 Å². The molecule has 0 saturated carbocycles. The van der Waals surface area contributed by atoms with Crippen LogP contribution in [0.2, 0.25) is 0 Å². The van der Waals surface area contributed by atoms with E-state index >= 15 is 0 Å². The van der Waals surface area contributed by atoms with Gasteiger partial charge in [0.15, 0.2) is 11.4 Å². The van der Waals surface area contributed by atoms with E-state index in [1.807, 2.05) is 24.4 Å². The second kappa shape index (κ2) is 9.08. The van der Waals surface area contributed by atoms with Crippen molar-refractivity contribution in [2.45, 2.75) is 78.7 Å². The summed E-state index contributed by atoms with van der Waals surface area (Å²) in [6.45, 7) is 8.59. The number of aryl methyl sites for hydroxylation is 1. The lowest BCUT2D eigenvalue weighted by Crippen LogP contribution is -2.07. The number of unbranched alkanes of at least 4 members (excludes halogenated alkanes) is 2. The number of fused-ring (bicyclic) bond motifs is 5. The summed E-state index contributed by atoms with van der Waals surface area (Å²) in [5, 5.41) is 0.821. The van der Waals surface area contributed by atoms with Gasteiger partial charge in [-0.15, -0.1) is 0 Å². The number of imidazole rings is 1. The number of benzene rings is 1. The molecule has 0 aliphatic heterocycles. The first-order valence-electron chi connectivity index (χ1n) is 11.6. The number of hydrogen-bond donors (Lipinski definition) is 0. The Bertz CT molecular complexity index is 1220. The van der Waals surface area contributed by atoms with Gasteiger partial charge < -0.3 is 9.30 Å². The topological polar surface area (TPSA) is 61.4 Å². The van der Waals surface area contributed by atoms with Crippen LogP contribution in [0.4, 0.5) is 0 Å². The molecule has 0 unspecified atom stereocenters. The Morgan fingerprint density at radius 3 is 2.58 bits per heavy atom. The third-order valence-electron chi connectivity index (χ3n) is 6.03. The van der Waals surface area contributed by atoms with Gasteiger partial charge in [-0.2, -0.15) is 0 Å². The molecule has 0 aliphatic rings. The van der Waals surface area contributed by atoms with Gasteiger partial charge in [-0.3, -0.25) is 9.20 Å². The predicted molar refractivity (Wildman–Crippen MR) is 125 cm³/mol. The number of rotatable bonds is 9. The van der Waals surface area contributed by atoms with Crippen LogP contribution < -0.4 is 4.74 Å². The first kappa shape index (κ1) is 21.3. The van der Waals surface area contributed by atoms with E-state index in [0.29, 0.717) is 12.2 Å². The van der Waals surface area contributed by atoms with Crippen LogP contribution in [0, 0.1) is 0 Å². The summed E-state index contributed by atoms with van der Waals surface area (Å²) in [6, 6.07) is 8.37. The summed E-state index contributed by atoms with van der Waals surface area (Å²) in [5.41, 5.74) is 3.63. The van der Waals surface area contributed by atoms with Crippen molar-refractivity contribution in [3.8, 4) is 5.75 Å². The van der Waals surface area contributed by atoms with Crippen molar-refractivity contribution in [3.05, 3.63) is 36.3 Å². The number of aromatic nitrogens is 4. The first-order chi connectivity index (χ1) is 15.1. The summed E-state index contributed by atoms with van der Waals surface area (Å²) in [5.74, 6) is 1.37. The Kier molecular flexibility index (Phi) is 6.25. The molecule has 3 heterocycles. The van der Waals surface area contributed by atoms with E-state index in [1.54, 1.807) is 0 Å². The summed E-state index contributed by atoms with van der Waals surface area (Å²) >= 11 is 0. The Labute approximate surface area is 183 Å². The Morgan fingerprint density at radius 1 is 1.06 bits per heavy atom. The van der Waals surface area contributed by atoms with Crippen molar-refractivity contribution in [1.29, 1.82) is 0 Å². The number of nitrogens with zero attached hydrogens (tertiary/aromatic N) is 4. The van der Waals surface area contributed by atoms with Gasteiger partial charge in [-0.1, -0.05) is 45.7 Å². The second-order valence-electron chi connectivity index (χ2n) is 8.33. The molecule has 6 nitrogen and oxygen atoms in total. The summed E-state index contributed by atoms with van der Waals surface area (Å²) in [7, 11) is 0. The summed E-state index contributed by atoms with van der Waals surface area (Å²) in [6.07, 6.45) is 8.14. The molecule has 0 aliphatic carbocycles. The molecule has 1 aromatic carbocycles. The SMILES string of the molecule is CCCCC(=O)Oc1cn([C@H](C)CC)c2nc(CCCC)n3c4ccccc4nc3c12. The van der Waals surface area contributed by atoms with Gasteiger partial charge in [0.1, 0.15) is 16.9 Å². The number of hydrogen-bond acceptors (Lipinski definition) is 4. The smallest absolute Gasteiger partial charge is 0.311 e. The van der Waals surface area contributed by atoms with Gasteiger partial charge >= 0.3 is 5.97 Å². The Morgan fingerprint density at radius 2 is 1.84 bits per heavy atom. The fraction of sp³-hybridized carbons (Fsp3) is 0.480. The zero-order valence-electron chi connectivity index (χ0n) is 19.0. The third kappa shape index (κ3) is 3.91. The molecule has 0 spiro atoms. The number of para-hydroxylation sites is 2. The van der Waals surface area contributed by atoms with Crippen LogP contribution in [0.1, 0.15) is 78.1 Å². The van der Waals surface area contributed by atoms with E-state index in [2.05, 4.69) is 42.7 Å². The lowest BCUT2D eigenvalue weighted by molar-refractivity contribution is -0.134. The largest absolute Gasteiger partial charge is 0.424 e. The lowest BCUT2D eigenvalue weighted by Gasteiger charge is -2.13. The van der Waals surface area contributed by atoms with Gasteiger partial charge in [0.05, 0.1) is 11.0 Å². The lowest BCUT2D eigenvalue weighted by atomic mass is 10.2. The minimum atomic E-state index is -0.200. The maximum absolute atomic E-state index is 12.5. The molecule has 0 radical (unpaired) electrons. The van der Waals surface area contributed by atoms with Crippen molar-refractivity contribution in [1.82, 2.24) is 18.9 Å². The highest BCUT2D eigenvalue weighted by atomic mass is 16.5. The van der Waals surface area contributed by atoms with E-state index in [0.717, 1.165) is 72.1 Å². The molecule has 0 saturated heterocycles. The number of esters is 1. The molecule has 4 rings (SSSR count). The Hall–Kier alpha value is -2.89. The molecular weight excluding hydrogens is 388 g/mol. The third-order valence-corrected chi connectivity index (χ3v) is 6.03. The van der Waals surface area contributed by atoms with Crippen molar-refractivity contribution < 1.29 is 9.53 Å². The van der Waals surface area contributed by atoms with E-state index < -0.39 is 0 Å². The second-order valence-corrected chi connectivity index (χ2v) is 8.33. The van der Waals surface area contributed by atoms with Crippen molar-refractivity contribution >= 4 is 33.7 Å². The zero-order chi connectivity index (χ0) is 22.0. The van der Waals surface area contributed by atoms with Crippen LogP contribution in [0.5, 0.6) is 5.75 Å². The Balaban J connectivity index is 2.01. The molecule has 164 valence electrons. The molecule has 1 atom stereocenters. The van der Waals surface area contributed by atoms with E-state index in [1.165, 1.54) is 0 Å². The number of carbonyl (C=O) groups is 1. The maximum atomic E-state index is 12.5. The number of ether oxygens (including phenoxy) is 1. The van der Waals surface area contributed by atoms with Gasteiger partial charge in [0, 0.05) is 25.1 Å². The molecule has 0 N–H and O–H groups in total. The van der Waals surface area contributed by atoms with Crippen molar-refractivity contribution in [2.75, 3.05) is 0 Å². The molecule has 0 bridgehead atoms. The molecule has 0 fully saturated rings. The predicted octanol–water partition coefficient (Wildman–Crippen LogP) is 6.25. The van der Waals surface area contributed by atoms with E-state index in [-0.39, 0.29) is 12.0 Å². The van der Waals surface area contributed by atoms with Gasteiger partial charge in [0.25, 0.3) is 0 Å². The summed E-state index contributed by atoms with van der Waals surface area (Å²) < 4.78 is 10.2. The fourth-order valence-electron chi connectivity index (χ4n) is 4.05. The maximum Gasteiger partial charge on any atom is 0.311 e. The van der Waals surface area contributed by atoms with Crippen LogP contribution in [-0.4, -0.2) is 24.9 Å². The standard InChI is InChI=1S/C25H32N4O2/c1-5-8-14-21-27-24-23(25-26-18-12-10-11-13-19(18)29(21)25)20(16-28(24)17(4)7-3)31-22(30)15-9-6-2/h10-13,16-17H,5-9,14-15H2,1-4H3/t17-/m1/s1. The van der Waals surface area contributed by atoms with Crippen LogP contribution in [-0.2, 0) is 11.2 Å². The molecule has 6 heteroatoms. The van der Waals surface area contributed by atoms with Crippen LogP contribution >= 0.6 is 0 Å². The van der Waals surface area contributed by atoms with Gasteiger partial charge in [0.2, 0.25) is 0 Å². The zero-order valence-corrected chi connectivity index (χ0v) is 19.0. The van der Waals surface area contributed by atoms with Crippen molar-refractivity contribution in [2.24, 2.45) is 0 Å². The van der Waals surface area contributed by atoms with E-state index in [4.69, 9.17) is 14.7 Å². The average molecular weight is 421 g/mol.